The Hall–Kier alpha value is -0.620. The van der Waals surface area contributed by atoms with Crippen molar-refractivity contribution in [3.05, 3.63) is 0 Å². The lowest BCUT2D eigenvalue weighted by Gasteiger charge is -2.04. The molecule has 0 radical (unpaired) electrons. The van der Waals surface area contributed by atoms with Crippen LogP contribution in [0, 0.1) is 0 Å². The van der Waals surface area contributed by atoms with Crippen LogP contribution in [0.15, 0.2) is 0 Å². The van der Waals surface area contributed by atoms with Crippen LogP contribution in [0.5, 0.6) is 0 Å². The lowest BCUT2D eigenvalue weighted by Crippen LogP contribution is -2.14. The summed E-state index contributed by atoms with van der Waals surface area (Å²) in [5, 5.41) is 0. The molecular formula is C8H14O5S. The molecule has 1 aliphatic carbocycles. The summed E-state index contributed by atoms with van der Waals surface area (Å²) in [6.07, 6.45) is 1.83. The minimum absolute atomic E-state index is 0.0865. The second-order valence-corrected chi connectivity index (χ2v) is 4.97. The average molecular weight is 222 g/mol. The van der Waals surface area contributed by atoms with Crippen molar-refractivity contribution in [1.82, 2.24) is 0 Å². The van der Waals surface area contributed by atoms with E-state index in [1.54, 1.807) is 0 Å². The Balaban J connectivity index is 2.12. The standard InChI is InChI=1S/C8H14O5S/c1-7(9)12-5-2-6-14(10,11)13-8-3-4-8/h8H,2-6H2,1H3. The number of hydrogen-bond donors (Lipinski definition) is 0. The first-order valence-corrected chi connectivity index (χ1v) is 6.12. The Kier molecular flexibility index (Phi) is 3.88. The van der Waals surface area contributed by atoms with Gasteiger partial charge in [-0.05, 0) is 19.3 Å². The zero-order chi connectivity index (χ0) is 10.6. The maximum atomic E-state index is 11.2. The predicted octanol–water partition coefficient (Wildman–Crippen LogP) is 0.448. The first-order valence-electron chi connectivity index (χ1n) is 4.54. The fourth-order valence-electron chi connectivity index (χ4n) is 0.871. The molecule has 0 aromatic rings. The Labute approximate surface area is 83.5 Å². The van der Waals surface area contributed by atoms with Gasteiger partial charge in [-0.25, -0.2) is 0 Å². The molecule has 82 valence electrons. The molecule has 0 saturated heterocycles. The topological polar surface area (TPSA) is 69.7 Å². The van der Waals surface area contributed by atoms with Gasteiger partial charge in [0.05, 0.1) is 18.5 Å². The second kappa shape index (κ2) is 4.75. The van der Waals surface area contributed by atoms with Crippen LogP contribution < -0.4 is 0 Å². The van der Waals surface area contributed by atoms with Crippen LogP contribution in [-0.2, 0) is 23.8 Å². The number of ether oxygens (including phenoxy) is 1. The largest absolute Gasteiger partial charge is 0.466 e. The molecule has 0 bridgehead atoms. The Bertz CT molecular complexity index is 291. The highest BCUT2D eigenvalue weighted by Crippen LogP contribution is 2.25. The molecule has 6 heteroatoms. The van der Waals surface area contributed by atoms with Crippen molar-refractivity contribution in [2.45, 2.75) is 32.3 Å². The number of hydrogen-bond acceptors (Lipinski definition) is 5. The SMILES string of the molecule is CC(=O)OCCCS(=O)(=O)OC1CC1. The molecule has 1 saturated carbocycles. The van der Waals surface area contributed by atoms with Gasteiger partial charge in [-0.2, -0.15) is 8.42 Å². The summed E-state index contributed by atoms with van der Waals surface area (Å²) < 4.78 is 31.7. The molecule has 0 aromatic heterocycles. The molecular weight excluding hydrogens is 208 g/mol. The maximum Gasteiger partial charge on any atom is 0.302 e. The van der Waals surface area contributed by atoms with Gasteiger partial charge in [0.15, 0.2) is 0 Å². The van der Waals surface area contributed by atoms with Crippen LogP contribution >= 0.6 is 0 Å². The molecule has 0 N–H and O–H groups in total. The normalized spacial score (nSPS) is 16.6. The molecule has 5 nitrogen and oxygen atoms in total. The van der Waals surface area contributed by atoms with E-state index in [1.165, 1.54) is 6.92 Å². The molecule has 0 heterocycles. The summed E-state index contributed by atoms with van der Waals surface area (Å²) in [5.74, 6) is -0.484. The third kappa shape index (κ3) is 5.18. The van der Waals surface area contributed by atoms with Gasteiger partial charge in [0.25, 0.3) is 10.1 Å². The van der Waals surface area contributed by atoms with Crippen molar-refractivity contribution in [1.29, 1.82) is 0 Å². The van der Waals surface area contributed by atoms with Gasteiger partial charge in [0, 0.05) is 6.92 Å². The number of carbonyl (C=O) groups excluding carboxylic acids is 1. The van der Waals surface area contributed by atoms with Crippen LogP contribution in [0.4, 0.5) is 0 Å². The zero-order valence-electron chi connectivity index (χ0n) is 8.06. The molecule has 1 aliphatic rings. The summed E-state index contributed by atoms with van der Waals surface area (Å²) >= 11 is 0. The minimum Gasteiger partial charge on any atom is -0.466 e. The molecule has 14 heavy (non-hydrogen) atoms. The molecule has 0 amide bonds. The van der Waals surface area contributed by atoms with Gasteiger partial charge in [-0.1, -0.05) is 0 Å². The van der Waals surface area contributed by atoms with Crippen molar-refractivity contribution in [3.8, 4) is 0 Å². The van der Waals surface area contributed by atoms with Gasteiger partial charge < -0.3 is 4.74 Å². The fraction of sp³-hybridized carbons (Fsp3) is 0.875. The van der Waals surface area contributed by atoms with E-state index in [1.807, 2.05) is 0 Å². The Morgan fingerprint density at radius 2 is 2.07 bits per heavy atom. The number of carbonyl (C=O) groups is 1. The van der Waals surface area contributed by atoms with E-state index in [-0.39, 0.29) is 24.9 Å². The van der Waals surface area contributed by atoms with E-state index in [2.05, 4.69) is 4.74 Å². The van der Waals surface area contributed by atoms with Crippen LogP contribution in [0.25, 0.3) is 0 Å². The lowest BCUT2D eigenvalue weighted by molar-refractivity contribution is -0.140. The molecule has 0 aliphatic heterocycles. The molecule has 0 spiro atoms. The quantitative estimate of drug-likeness (QED) is 0.371. The van der Waals surface area contributed by atoms with Gasteiger partial charge in [0.2, 0.25) is 0 Å². The summed E-state index contributed by atoms with van der Waals surface area (Å²) in [5.41, 5.74) is 0. The zero-order valence-corrected chi connectivity index (χ0v) is 8.88. The predicted molar refractivity (Wildman–Crippen MR) is 49.1 cm³/mol. The summed E-state index contributed by atoms with van der Waals surface area (Å²) in [6, 6.07) is 0. The van der Waals surface area contributed by atoms with Gasteiger partial charge >= 0.3 is 5.97 Å². The van der Waals surface area contributed by atoms with Crippen LogP contribution in [0.1, 0.15) is 26.2 Å². The van der Waals surface area contributed by atoms with E-state index >= 15 is 0 Å². The highest BCUT2D eigenvalue weighted by atomic mass is 32.2. The summed E-state index contributed by atoms with van der Waals surface area (Å²) in [7, 11) is -3.41. The fourth-order valence-corrected chi connectivity index (χ4v) is 2.05. The van der Waals surface area contributed by atoms with Gasteiger partial charge in [-0.3, -0.25) is 8.98 Å². The minimum atomic E-state index is -3.41. The summed E-state index contributed by atoms with van der Waals surface area (Å²) in [6.45, 7) is 1.41. The van der Waals surface area contributed by atoms with Crippen molar-refractivity contribution < 1.29 is 22.1 Å². The highest BCUT2D eigenvalue weighted by molar-refractivity contribution is 7.86. The average Bonchev–Trinajstić information content (AvgIpc) is 2.81. The van der Waals surface area contributed by atoms with Crippen LogP contribution in [-0.4, -0.2) is 32.9 Å². The Morgan fingerprint density at radius 1 is 1.43 bits per heavy atom. The van der Waals surface area contributed by atoms with E-state index in [0.29, 0.717) is 0 Å². The molecule has 1 rings (SSSR count). The highest BCUT2D eigenvalue weighted by Gasteiger charge is 2.28. The third-order valence-electron chi connectivity index (χ3n) is 1.65. The smallest absolute Gasteiger partial charge is 0.302 e. The van der Waals surface area contributed by atoms with E-state index in [4.69, 9.17) is 4.18 Å². The van der Waals surface area contributed by atoms with E-state index < -0.39 is 16.1 Å². The van der Waals surface area contributed by atoms with Gasteiger partial charge in [-0.15, -0.1) is 0 Å². The van der Waals surface area contributed by atoms with E-state index in [9.17, 15) is 13.2 Å². The Morgan fingerprint density at radius 3 is 2.57 bits per heavy atom. The molecule has 0 unspecified atom stereocenters. The second-order valence-electron chi connectivity index (χ2n) is 3.25. The van der Waals surface area contributed by atoms with Crippen molar-refractivity contribution in [2.75, 3.05) is 12.4 Å². The molecule has 0 aromatic carbocycles. The van der Waals surface area contributed by atoms with Crippen LogP contribution in [0.3, 0.4) is 0 Å². The molecule has 0 atom stereocenters. The van der Waals surface area contributed by atoms with Crippen molar-refractivity contribution in [3.63, 3.8) is 0 Å². The first-order chi connectivity index (χ1) is 6.49. The van der Waals surface area contributed by atoms with Crippen molar-refractivity contribution >= 4 is 16.1 Å². The maximum absolute atomic E-state index is 11.2. The lowest BCUT2D eigenvalue weighted by atomic mass is 10.5. The first kappa shape index (κ1) is 11.5. The van der Waals surface area contributed by atoms with E-state index in [0.717, 1.165) is 12.8 Å². The third-order valence-corrected chi connectivity index (χ3v) is 3.01. The summed E-state index contributed by atoms with van der Waals surface area (Å²) in [4.78, 5) is 10.4. The number of rotatable bonds is 6. The monoisotopic (exact) mass is 222 g/mol. The number of esters is 1. The van der Waals surface area contributed by atoms with Crippen LogP contribution in [0.2, 0.25) is 0 Å². The van der Waals surface area contributed by atoms with Gasteiger partial charge in [0.1, 0.15) is 0 Å². The molecule has 1 fully saturated rings. The van der Waals surface area contributed by atoms with Crippen molar-refractivity contribution in [2.24, 2.45) is 0 Å².